The summed E-state index contributed by atoms with van der Waals surface area (Å²) in [6.07, 6.45) is 15.3. The van der Waals surface area contributed by atoms with Gasteiger partial charge in [0, 0.05) is 18.1 Å². The normalized spacial score (nSPS) is 32.1. The van der Waals surface area contributed by atoms with Crippen LogP contribution in [0.4, 0.5) is 0 Å². The summed E-state index contributed by atoms with van der Waals surface area (Å²) in [5.41, 5.74) is 0. The molecular weight excluding hydrogens is 208 g/mol. The van der Waals surface area contributed by atoms with Crippen LogP contribution in [0.15, 0.2) is 12.2 Å². The van der Waals surface area contributed by atoms with Crippen molar-refractivity contribution in [1.29, 1.82) is 0 Å². The van der Waals surface area contributed by atoms with Gasteiger partial charge in [-0.3, -0.25) is 0 Å². The van der Waals surface area contributed by atoms with E-state index in [4.69, 9.17) is 0 Å². The molecule has 1 saturated heterocycles. The van der Waals surface area contributed by atoms with E-state index in [2.05, 4.69) is 29.7 Å². The summed E-state index contributed by atoms with van der Waals surface area (Å²) in [6, 6.07) is 2.13. The summed E-state index contributed by atoms with van der Waals surface area (Å²) in [4.78, 5) is 0. The molecule has 98 valence electrons. The van der Waals surface area contributed by atoms with Crippen LogP contribution in [-0.2, 0) is 0 Å². The average Bonchev–Trinajstić information content (AvgIpc) is 2.59. The molecule has 0 aromatic heterocycles. The Morgan fingerprint density at radius 1 is 1.24 bits per heavy atom. The third-order valence-electron chi connectivity index (χ3n) is 4.09. The van der Waals surface area contributed by atoms with Crippen molar-refractivity contribution in [2.24, 2.45) is 0 Å². The van der Waals surface area contributed by atoms with Crippen LogP contribution in [0, 0.1) is 0 Å². The zero-order chi connectivity index (χ0) is 11.9. The predicted octanol–water partition coefficient (Wildman–Crippen LogP) is 3.00. The van der Waals surface area contributed by atoms with Crippen molar-refractivity contribution in [2.45, 2.75) is 76.4 Å². The molecule has 0 saturated carbocycles. The highest BCUT2D eigenvalue weighted by Crippen LogP contribution is 2.15. The van der Waals surface area contributed by atoms with Gasteiger partial charge in [-0.2, -0.15) is 0 Å². The van der Waals surface area contributed by atoms with Gasteiger partial charge in [-0.15, -0.1) is 0 Å². The highest BCUT2D eigenvalue weighted by atomic mass is 15.0. The van der Waals surface area contributed by atoms with Crippen LogP contribution in [0.3, 0.4) is 0 Å². The van der Waals surface area contributed by atoms with E-state index in [1.54, 1.807) is 0 Å². The third-order valence-corrected chi connectivity index (χ3v) is 4.09. The molecule has 1 heterocycles. The second-order valence-corrected chi connectivity index (χ2v) is 5.79. The minimum Gasteiger partial charge on any atom is -0.314 e. The Hall–Kier alpha value is -0.340. The van der Waals surface area contributed by atoms with Crippen molar-refractivity contribution in [2.75, 3.05) is 6.54 Å². The zero-order valence-electron chi connectivity index (χ0n) is 11.3. The lowest BCUT2D eigenvalue weighted by Gasteiger charge is -2.27. The SMILES string of the molecule is CC(CC1CCCCCN1)NC1CC=CCC1. The molecule has 2 N–H and O–H groups in total. The van der Waals surface area contributed by atoms with Gasteiger partial charge in [0.1, 0.15) is 0 Å². The fourth-order valence-electron chi connectivity index (χ4n) is 3.14. The van der Waals surface area contributed by atoms with E-state index in [-0.39, 0.29) is 0 Å². The second kappa shape index (κ2) is 7.17. The predicted molar refractivity (Wildman–Crippen MR) is 74.3 cm³/mol. The number of hydrogen-bond acceptors (Lipinski definition) is 2. The molecule has 0 aromatic carbocycles. The van der Waals surface area contributed by atoms with Crippen molar-refractivity contribution < 1.29 is 0 Å². The molecular formula is C15H28N2. The van der Waals surface area contributed by atoms with E-state index in [1.165, 1.54) is 57.9 Å². The van der Waals surface area contributed by atoms with E-state index >= 15 is 0 Å². The molecule has 2 heteroatoms. The Morgan fingerprint density at radius 2 is 2.18 bits per heavy atom. The quantitative estimate of drug-likeness (QED) is 0.733. The monoisotopic (exact) mass is 236 g/mol. The maximum Gasteiger partial charge on any atom is 0.0107 e. The largest absolute Gasteiger partial charge is 0.314 e. The lowest BCUT2D eigenvalue weighted by Crippen LogP contribution is -2.41. The summed E-state index contributed by atoms with van der Waals surface area (Å²) < 4.78 is 0. The Balaban J connectivity index is 1.68. The molecule has 0 spiro atoms. The minimum atomic E-state index is 0.655. The van der Waals surface area contributed by atoms with Crippen molar-refractivity contribution in [1.82, 2.24) is 10.6 Å². The van der Waals surface area contributed by atoms with Crippen molar-refractivity contribution in [3.8, 4) is 0 Å². The fourth-order valence-corrected chi connectivity index (χ4v) is 3.14. The van der Waals surface area contributed by atoms with Crippen LogP contribution < -0.4 is 10.6 Å². The van der Waals surface area contributed by atoms with Crippen LogP contribution in [0.1, 0.15) is 58.3 Å². The zero-order valence-corrected chi connectivity index (χ0v) is 11.3. The average molecular weight is 236 g/mol. The second-order valence-electron chi connectivity index (χ2n) is 5.79. The van der Waals surface area contributed by atoms with Crippen LogP contribution in [0.5, 0.6) is 0 Å². The summed E-state index contributed by atoms with van der Waals surface area (Å²) in [6.45, 7) is 3.58. The number of nitrogens with one attached hydrogen (secondary N) is 2. The Labute approximate surface area is 106 Å². The molecule has 3 atom stereocenters. The topological polar surface area (TPSA) is 24.1 Å². The van der Waals surface area contributed by atoms with Gasteiger partial charge in [-0.05, 0) is 52.0 Å². The first-order valence-corrected chi connectivity index (χ1v) is 7.49. The maximum atomic E-state index is 3.80. The van der Waals surface area contributed by atoms with Gasteiger partial charge in [0.2, 0.25) is 0 Å². The van der Waals surface area contributed by atoms with E-state index in [1.807, 2.05) is 0 Å². The standard InChI is InChI=1S/C15H28N2/c1-13(17-14-8-4-2-5-9-14)12-15-10-6-3-7-11-16-15/h2,4,13-17H,3,5-12H2,1H3. The number of rotatable bonds is 4. The Morgan fingerprint density at radius 3 is 3.00 bits per heavy atom. The fraction of sp³-hybridized carbons (Fsp3) is 0.867. The molecule has 1 aliphatic heterocycles. The molecule has 17 heavy (non-hydrogen) atoms. The lowest BCUT2D eigenvalue weighted by molar-refractivity contribution is 0.357. The van der Waals surface area contributed by atoms with Gasteiger partial charge < -0.3 is 10.6 Å². The maximum absolute atomic E-state index is 3.80. The lowest BCUT2D eigenvalue weighted by atomic mass is 9.98. The van der Waals surface area contributed by atoms with Crippen molar-refractivity contribution >= 4 is 0 Å². The first-order valence-electron chi connectivity index (χ1n) is 7.49. The molecule has 0 radical (unpaired) electrons. The van der Waals surface area contributed by atoms with Crippen LogP contribution in [0.2, 0.25) is 0 Å². The molecule has 3 unspecified atom stereocenters. The molecule has 2 aliphatic rings. The molecule has 1 fully saturated rings. The summed E-state index contributed by atoms with van der Waals surface area (Å²) >= 11 is 0. The van der Waals surface area contributed by atoms with Crippen molar-refractivity contribution in [3.05, 3.63) is 12.2 Å². The summed E-state index contributed by atoms with van der Waals surface area (Å²) in [7, 11) is 0. The van der Waals surface area contributed by atoms with Crippen LogP contribution in [-0.4, -0.2) is 24.7 Å². The summed E-state index contributed by atoms with van der Waals surface area (Å²) in [5.74, 6) is 0. The summed E-state index contributed by atoms with van der Waals surface area (Å²) in [5, 5.41) is 7.49. The van der Waals surface area contributed by atoms with E-state index in [0.717, 1.165) is 12.1 Å². The molecule has 2 rings (SSSR count). The smallest absolute Gasteiger partial charge is 0.0107 e. The van der Waals surface area contributed by atoms with E-state index in [0.29, 0.717) is 6.04 Å². The van der Waals surface area contributed by atoms with Gasteiger partial charge >= 0.3 is 0 Å². The minimum absolute atomic E-state index is 0.655. The van der Waals surface area contributed by atoms with Crippen LogP contribution >= 0.6 is 0 Å². The van der Waals surface area contributed by atoms with Crippen molar-refractivity contribution in [3.63, 3.8) is 0 Å². The first kappa shape index (κ1) is 13.1. The molecule has 1 aliphatic carbocycles. The third kappa shape index (κ3) is 4.81. The highest BCUT2D eigenvalue weighted by molar-refractivity contribution is 4.93. The Kier molecular flexibility index (Phi) is 5.53. The first-order chi connectivity index (χ1) is 8.34. The van der Waals surface area contributed by atoms with Gasteiger partial charge in [-0.25, -0.2) is 0 Å². The van der Waals surface area contributed by atoms with E-state index < -0.39 is 0 Å². The number of allylic oxidation sites excluding steroid dienone is 1. The Bertz CT molecular complexity index is 229. The number of hydrogen-bond donors (Lipinski definition) is 2. The van der Waals surface area contributed by atoms with Gasteiger partial charge in [0.15, 0.2) is 0 Å². The molecule has 2 nitrogen and oxygen atoms in total. The van der Waals surface area contributed by atoms with Gasteiger partial charge in [0.05, 0.1) is 0 Å². The van der Waals surface area contributed by atoms with E-state index in [9.17, 15) is 0 Å². The molecule has 0 aromatic rings. The molecule has 0 bridgehead atoms. The van der Waals surface area contributed by atoms with Crippen LogP contribution in [0.25, 0.3) is 0 Å². The van der Waals surface area contributed by atoms with Gasteiger partial charge in [0.25, 0.3) is 0 Å². The molecule has 0 amide bonds. The van der Waals surface area contributed by atoms with Gasteiger partial charge in [-0.1, -0.05) is 25.0 Å². The highest BCUT2D eigenvalue weighted by Gasteiger charge is 2.17.